The van der Waals surface area contributed by atoms with E-state index < -0.39 is 40.3 Å². The molecule has 2 aliphatic heterocycles. The van der Waals surface area contributed by atoms with Crippen molar-refractivity contribution in [3.8, 4) is 0 Å². The van der Waals surface area contributed by atoms with Gasteiger partial charge in [0.05, 0.1) is 24.2 Å². The average molecular weight is 635 g/mol. The normalized spacial score (nSPS) is 31.5. The van der Waals surface area contributed by atoms with Crippen LogP contribution in [-0.2, 0) is 28.5 Å². The number of fused-ring (bicyclic) bond motifs is 1. The van der Waals surface area contributed by atoms with Crippen LogP contribution >= 0.6 is 0 Å². The Balaban J connectivity index is 0.00000225. The fourth-order valence-electron chi connectivity index (χ4n) is 3.98. The molecule has 2 heterocycles. The molecule has 4 rings (SSSR count). The Morgan fingerprint density at radius 3 is 2.50 bits per heavy atom. The summed E-state index contributed by atoms with van der Waals surface area (Å²) in [6, 6.07) is 6.39. The Labute approximate surface area is 189 Å². The van der Waals surface area contributed by atoms with Gasteiger partial charge in [-0.25, -0.2) is 0 Å². The van der Waals surface area contributed by atoms with E-state index in [4.69, 9.17) is 18.4 Å². The summed E-state index contributed by atoms with van der Waals surface area (Å²) < 4.78 is 48.2. The molecule has 0 aromatic heterocycles. The van der Waals surface area contributed by atoms with Crippen molar-refractivity contribution in [1.29, 1.82) is 0 Å². The first-order valence-corrected chi connectivity index (χ1v) is 10.7. The Kier molecular flexibility index (Phi) is 7.00. The van der Waals surface area contributed by atoms with Crippen LogP contribution in [0.1, 0.15) is 37.7 Å². The zero-order chi connectivity index (χ0) is 19.1. The van der Waals surface area contributed by atoms with E-state index in [0.29, 0.717) is 0 Å². The topological polar surface area (TPSA) is 91.3 Å². The molecule has 3 fully saturated rings. The molecule has 1 N–H and O–H groups in total. The SMILES string of the molecule is Cc1ccc(S(=O)(=O)OC[C@]2(CO)O[CH-]C3OC4(CCCCC4)OC32)cc1.[U]. The van der Waals surface area contributed by atoms with E-state index >= 15 is 0 Å². The summed E-state index contributed by atoms with van der Waals surface area (Å²) in [5.74, 6) is -0.663. The molecule has 28 heavy (non-hydrogen) atoms. The van der Waals surface area contributed by atoms with Crippen LogP contribution < -0.4 is 0 Å². The van der Waals surface area contributed by atoms with Crippen LogP contribution in [0.3, 0.4) is 0 Å². The Morgan fingerprint density at radius 2 is 1.86 bits per heavy atom. The Bertz CT molecular complexity index is 776. The molecule has 1 aliphatic carbocycles. The minimum atomic E-state index is -3.98. The van der Waals surface area contributed by atoms with Gasteiger partial charge in [0.1, 0.15) is 5.60 Å². The van der Waals surface area contributed by atoms with Gasteiger partial charge in [-0.15, -0.1) is 0 Å². The summed E-state index contributed by atoms with van der Waals surface area (Å²) in [6.45, 7) is 2.58. The van der Waals surface area contributed by atoms with Crippen molar-refractivity contribution in [1.82, 2.24) is 0 Å². The van der Waals surface area contributed by atoms with Gasteiger partial charge < -0.3 is 19.3 Å². The number of aliphatic hydroxyl groups is 1. The molecule has 7 nitrogen and oxygen atoms in total. The van der Waals surface area contributed by atoms with E-state index in [1.165, 1.54) is 18.7 Å². The summed E-state index contributed by atoms with van der Waals surface area (Å²) in [6.07, 6.45) is 3.72. The summed E-state index contributed by atoms with van der Waals surface area (Å²) in [7, 11) is -3.98. The average Bonchev–Trinajstić information content (AvgIpc) is 3.17. The summed E-state index contributed by atoms with van der Waals surface area (Å²) in [5, 5.41) is 10.00. The maximum atomic E-state index is 12.5. The van der Waals surface area contributed by atoms with Crippen molar-refractivity contribution in [2.75, 3.05) is 13.2 Å². The number of benzene rings is 1. The third kappa shape index (κ3) is 4.24. The standard InChI is InChI=1S/C19H25O7S.U/c1-14-5-7-15(8-6-14)27(21,22)24-13-18(12-20)17-16(11-23-18)25-19(26-17)9-3-2-4-10-19;/h5-8,11,16-17,20H,2-4,9-10,12-13H2,1H3;/q-1;/t16?,17?,18-;/m0./s1. The minimum absolute atomic E-state index is 0. The van der Waals surface area contributed by atoms with Crippen LogP contribution in [0.2, 0.25) is 0 Å². The molecule has 1 aromatic rings. The zero-order valence-electron chi connectivity index (χ0n) is 15.8. The zero-order valence-corrected chi connectivity index (χ0v) is 20.8. The summed E-state index contributed by atoms with van der Waals surface area (Å²) in [4.78, 5) is 0.0621. The Hall–Kier alpha value is 0.0219. The molecule has 9 heteroatoms. The predicted molar refractivity (Wildman–Crippen MR) is 95.1 cm³/mol. The fourth-order valence-corrected chi connectivity index (χ4v) is 4.94. The Morgan fingerprint density at radius 1 is 1.18 bits per heavy atom. The molecule has 1 saturated carbocycles. The molecule has 3 aliphatic rings. The van der Waals surface area contributed by atoms with Gasteiger partial charge in [-0.3, -0.25) is 4.18 Å². The second-order valence-corrected chi connectivity index (χ2v) is 9.21. The first kappa shape index (κ1) is 22.7. The summed E-state index contributed by atoms with van der Waals surface area (Å²) >= 11 is 0. The van der Waals surface area contributed by atoms with Crippen LogP contribution in [0, 0.1) is 44.6 Å². The van der Waals surface area contributed by atoms with Gasteiger partial charge in [0.25, 0.3) is 10.1 Å². The fraction of sp³-hybridized carbons (Fsp3) is 0.632. The van der Waals surface area contributed by atoms with Crippen molar-refractivity contribution >= 4 is 10.1 Å². The molecular formula is C19H25O7SU-. The second-order valence-electron chi connectivity index (χ2n) is 7.60. The van der Waals surface area contributed by atoms with Crippen LogP contribution in [0.15, 0.2) is 29.2 Å². The molecule has 0 amide bonds. The van der Waals surface area contributed by atoms with Crippen molar-refractivity contribution in [2.45, 2.75) is 67.5 Å². The van der Waals surface area contributed by atoms with Gasteiger partial charge in [-0.2, -0.15) is 15.0 Å². The van der Waals surface area contributed by atoms with Crippen LogP contribution in [-0.4, -0.2) is 50.3 Å². The maximum Gasteiger partial charge on any atom is 0.297 e. The third-order valence-corrected chi connectivity index (χ3v) is 6.88. The number of rotatable bonds is 5. The quantitative estimate of drug-likeness (QED) is 0.392. The van der Waals surface area contributed by atoms with Crippen LogP contribution in [0.4, 0.5) is 0 Å². The smallest absolute Gasteiger partial charge is 0.297 e. The molecule has 2 saturated heterocycles. The molecule has 0 bridgehead atoms. The number of hydrogen-bond donors (Lipinski definition) is 1. The van der Waals surface area contributed by atoms with E-state index in [1.54, 1.807) is 12.1 Å². The van der Waals surface area contributed by atoms with Gasteiger partial charge in [-0.1, -0.05) is 24.1 Å². The molecule has 2 unspecified atom stereocenters. The first-order chi connectivity index (χ1) is 12.9. The van der Waals surface area contributed by atoms with Gasteiger partial charge in [0.15, 0.2) is 5.79 Å². The van der Waals surface area contributed by atoms with Crippen LogP contribution in [0.5, 0.6) is 0 Å². The van der Waals surface area contributed by atoms with E-state index in [2.05, 4.69) is 0 Å². The molecule has 0 radical (unpaired) electrons. The van der Waals surface area contributed by atoms with Crippen molar-refractivity contribution in [3.63, 3.8) is 0 Å². The minimum Gasteiger partial charge on any atom is -0.540 e. The van der Waals surface area contributed by atoms with Gasteiger partial charge in [0, 0.05) is 44.0 Å². The van der Waals surface area contributed by atoms with Crippen molar-refractivity contribution in [2.24, 2.45) is 0 Å². The van der Waals surface area contributed by atoms with E-state index in [9.17, 15) is 13.5 Å². The predicted octanol–water partition coefficient (Wildman–Crippen LogP) is 2.07. The van der Waals surface area contributed by atoms with Crippen molar-refractivity contribution < 1.29 is 63.0 Å². The molecule has 3 atom stereocenters. The van der Waals surface area contributed by atoms with E-state index in [1.807, 2.05) is 6.92 Å². The molecular weight excluding hydrogens is 610 g/mol. The molecule has 154 valence electrons. The van der Waals surface area contributed by atoms with E-state index in [-0.39, 0.29) is 42.6 Å². The largest absolute Gasteiger partial charge is 0.540 e. The molecule has 1 spiro atoms. The monoisotopic (exact) mass is 635 g/mol. The summed E-state index contributed by atoms with van der Waals surface area (Å²) in [5.41, 5.74) is -0.352. The maximum absolute atomic E-state index is 12.5. The van der Waals surface area contributed by atoms with Gasteiger partial charge >= 0.3 is 0 Å². The van der Waals surface area contributed by atoms with E-state index in [0.717, 1.165) is 37.7 Å². The van der Waals surface area contributed by atoms with Gasteiger partial charge in [0.2, 0.25) is 0 Å². The first-order valence-electron chi connectivity index (χ1n) is 9.32. The third-order valence-electron chi connectivity index (χ3n) is 5.60. The number of aryl methyl sites for hydroxylation is 1. The van der Waals surface area contributed by atoms with Crippen molar-refractivity contribution in [3.05, 3.63) is 36.4 Å². The van der Waals surface area contributed by atoms with Gasteiger partial charge in [-0.05, 0) is 38.0 Å². The number of ether oxygens (including phenoxy) is 3. The van der Waals surface area contributed by atoms with Crippen LogP contribution in [0.25, 0.3) is 0 Å². The molecule has 1 aromatic carbocycles. The second kappa shape index (κ2) is 8.64. The number of hydrogen-bond acceptors (Lipinski definition) is 7. The number of aliphatic hydroxyl groups excluding tert-OH is 1.